The lowest BCUT2D eigenvalue weighted by Gasteiger charge is -2.44. The molecule has 1 fully saturated rings. The first-order valence-electron chi connectivity index (χ1n) is 17.5. The summed E-state index contributed by atoms with van der Waals surface area (Å²) in [6.45, 7) is 1.61. The zero-order valence-corrected chi connectivity index (χ0v) is 30.1. The van der Waals surface area contributed by atoms with Crippen LogP contribution in [0.4, 0.5) is 0 Å². The fourth-order valence-corrected chi connectivity index (χ4v) is 7.80. The number of methoxy groups -OCH3 is 1. The second-order valence-corrected chi connectivity index (χ2v) is 13.7. The molecule has 7 aromatic rings. The Morgan fingerprint density at radius 2 is 1.48 bits per heavy atom. The molecule has 0 spiro atoms. The number of ether oxygens (including phenoxy) is 2. The van der Waals surface area contributed by atoms with Crippen LogP contribution in [0.25, 0.3) is 22.2 Å². The molecular formula is C42H36ClN5O6. The van der Waals surface area contributed by atoms with Gasteiger partial charge in [0.05, 0.1) is 18.6 Å². The van der Waals surface area contributed by atoms with E-state index in [1.54, 1.807) is 14.0 Å². The molecule has 8 rings (SSSR count). The molecule has 0 aliphatic carbocycles. The van der Waals surface area contributed by atoms with E-state index in [0.29, 0.717) is 27.4 Å². The lowest BCUT2D eigenvalue weighted by Crippen LogP contribution is -2.56. The van der Waals surface area contributed by atoms with Crippen LogP contribution in [0.15, 0.2) is 143 Å². The summed E-state index contributed by atoms with van der Waals surface area (Å²) < 4.78 is 13.6. The number of halogens is 1. The van der Waals surface area contributed by atoms with E-state index in [2.05, 4.69) is 15.3 Å². The summed E-state index contributed by atoms with van der Waals surface area (Å²) in [5.74, 6) is 0.658. The molecule has 1 unspecified atom stereocenters. The van der Waals surface area contributed by atoms with Crippen LogP contribution in [0.2, 0.25) is 5.02 Å². The number of aliphatic hydroxyl groups excluding tert-OH is 1. The maximum atomic E-state index is 13.1. The smallest absolute Gasteiger partial charge is 0.330 e. The van der Waals surface area contributed by atoms with E-state index in [-0.39, 0.29) is 6.42 Å². The van der Waals surface area contributed by atoms with Crippen molar-refractivity contribution in [3.63, 3.8) is 0 Å². The van der Waals surface area contributed by atoms with Gasteiger partial charge in [0.25, 0.3) is 5.56 Å². The van der Waals surface area contributed by atoms with Crippen LogP contribution in [-0.4, -0.2) is 55.2 Å². The molecule has 0 radical (unpaired) electrons. The van der Waals surface area contributed by atoms with Crippen LogP contribution < -0.4 is 20.8 Å². The molecule has 54 heavy (non-hydrogen) atoms. The van der Waals surface area contributed by atoms with E-state index in [4.69, 9.17) is 25.9 Å². The Balaban J connectivity index is 1.37. The molecule has 4 atom stereocenters. The summed E-state index contributed by atoms with van der Waals surface area (Å²) in [4.78, 5) is 36.3. The number of aryl methyl sites for hydroxylation is 1. The molecular weight excluding hydrogens is 706 g/mol. The van der Waals surface area contributed by atoms with Gasteiger partial charge in [-0.25, -0.2) is 4.79 Å². The molecule has 1 saturated heterocycles. The lowest BCUT2D eigenvalue weighted by molar-refractivity contribution is -0.131. The van der Waals surface area contributed by atoms with Crippen LogP contribution >= 0.6 is 11.6 Å². The second-order valence-electron chi connectivity index (χ2n) is 13.2. The van der Waals surface area contributed by atoms with E-state index in [9.17, 15) is 14.7 Å². The summed E-state index contributed by atoms with van der Waals surface area (Å²) in [6.07, 6.45) is -2.72. The SMILES string of the molecule is COc1ccc(C(c2ccccc2)(c2ccccc2)C(On2nnc3c(-c4ccccc4Cl)cccc32)[C@H]2O[C@@H](n3cc(C)c(=O)[nH]c3=O)C[C@@H]2O)cc1. The fourth-order valence-electron chi connectivity index (χ4n) is 7.56. The van der Waals surface area contributed by atoms with E-state index in [1.165, 1.54) is 15.6 Å². The molecule has 272 valence electrons. The van der Waals surface area contributed by atoms with Gasteiger partial charge in [-0.15, -0.1) is 5.10 Å². The summed E-state index contributed by atoms with van der Waals surface area (Å²) in [7, 11) is 1.61. The van der Waals surface area contributed by atoms with Crippen LogP contribution in [0, 0.1) is 6.92 Å². The minimum atomic E-state index is -1.18. The third kappa shape index (κ3) is 6.06. The maximum Gasteiger partial charge on any atom is 0.330 e. The van der Waals surface area contributed by atoms with Gasteiger partial charge < -0.3 is 19.4 Å². The number of aromatic nitrogens is 5. The highest BCUT2D eigenvalue weighted by atomic mass is 35.5. The molecule has 11 nitrogen and oxygen atoms in total. The van der Waals surface area contributed by atoms with Crippen molar-refractivity contribution in [3.8, 4) is 16.9 Å². The summed E-state index contributed by atoms with van der Waals surface area (Å²) in [6, 6.07) is 40.6. The second kappa shape index (κ2) is 14.4. The van der Waals surface area contributed by atoms with E-state index < -0.39 is 41.2 Å². The Hall–Kier alpha value is -6.01. The summed E-state index contributed by atoms with van der Waals surface area (Å²) in [5.41, 5.74) is 3.15. The number of aliphatic hydroxyl groups is 1. The average Bonchev–Trinajstić information content (AvgIpc) is 3.80. The van der Waals surface area contributed by atoms with Crippen molar-refractivity contribution >= 4 is 22.6 Å². The van der Waals surface area contributed by atoms with Gasteiger partial charge in [0.15, 0.2) is 6.10 Å². The normalized spacial score (nSPS) is 17.7. The minimum absolute atomic E-state index is 0.0347. The Morgan fingerprint density at radius 3 is 2.15 bits per heavy atom. The van der Waals surface area contributed by atoms with Crippen molar-refractivity contribution in [1.29, 1.82) is 0 Å². The number of hydrogen-bond donors (Lipinski definition) is 2. The fraction of sp³-hybridized carbons (Fsp3) is 0.190. The number of benzene rings is 5. The van der Waals surface area contributed by atoms with Crippen LogP contribution in [0.5, 0.6) is 5.75 Å². The van der Waals surface area contributed by atoms with Gasteiger partial charge in [0.2, 0.25) is 0 Å². The van der Waals surface area contributed by atoms with Gasteiger partial charge in [-0.3, -0.25) is 14.3 Å². The van der Waals surface area contributed by atoms with Crippen LogP contribution in [0.3, 0.4) is 0 Å². The van der Waals surface area contributed by atoms with Crippen molar-refractivity contribution in [3.05, 3.63) is 182 Å². The minimum Gasteiger partial charge on any atom is -0.497 e. The number of H-pyrrole nitrogens is 1. The Kier molecular flexibility index (Phi) is 9.36. The standard InChI is InChI=1S/C42H36ClN5O6/c1-26-25-47(41(51)44-40(26)50)36-24-35(49)38(53-36)39(54-48-34-19-11-17-32(37(34)45-46-48)31-16-9-10-18-33(31)43)42(27-12-5-3-6-13-27,28-14-7-4-8-15-28)29-20-22-30(52-2)23-21-29/h3-23,25,35-36,38-39,49H,24H2,1-2H3,(H,44,50,51)/t35-,36+,38-,39?/m0/s1. The predicted octanol–water partition coefficient (Wildman–Crippen LogP) is 6.10. The van der Waals surface area contributed by atoms with Crippen molar-refractivity contribution in [2.75, 3.05) is 7.11 Å². The lowest BCUT2D eigenvalue weighted by atomic mass is 9.64. The van der Waals surface area contributed by atoms with Gasteiger partial charge in [0.1, 0.15) is 29.1 Å². The highest BCUT2D eigenvalue weighted by Gasteiger charge is 2.55. The zero-order chi connectivity index (χ0) is 37.4. The van der Waals surface area contributed by atoms with Crippen molar-refractivity contribution in [2.45, 2.75) is 43.3 Å². The van der Waals surface area contributed by atoms with Gasteiger partial charge in [-0.2, -0.15) is 0 Å². The highest BCUT2D eigenvalue weighted by molar-refractivity contribution is 6.33. The summed E-state index contributed by atoms with van der Waals surface area (Å²) in [5, 5.41) is 21.8. The largest absolute Gasteiger partial charge is 0.497 e. The highest BCUT2D eigenvalue weighted by Crippen LogP contribution is 2.48. The number of rotatable bonds is 10. The number of nitrogens with zero attached hydrogens (tertiary/aromatic N) is 4. The molecule has 1 aliphatic rings. The molecule has 1 aliphatic heterocycles. The number of fused-ring (bicyclic) bond motifs is 1. The Bertz CT molecular complexity index is 2500. The van der Waals surface area contributed by atoms with Crippen LogP contribution in [0.1, 0.15) is 34.9 Å². The predicted molar refractivity (Wildman–Crippen MR) is 205 cm³/mol. The number of nitrogens with one attached hydrogen (secondary N) is 1. The van der Waals surface area contributed by atoms with E-state index in [0.717, 1.165) is 27.8 Å². The van der Waals surface area contributed by atoms with Crippen molar-refractivity contribution in [1.82, 2.24) is 24.7 Å². The average molecular weight is 742 g/mol. The molecule has 0 amide bonds. The number of aromatic amines is 1. The Labute approximate surface area is 314 Å². The quantitative estimate of drug-likeness (QED) is 0.161. The first-order chi connectivity index (χ1) is 26.3. The van der Waals surface area contributed by atoms with Crippen molar-refractivity contribution < 1.29 is 19.4 Å². The summed E-state index contributed by atoms with van der Waals surface area (Å²) >= 11 is 6.65. The zero-order valence-electron chi connectivity index (χ0n) is 29.4. The molecule has 2 aromatic heterocycles. The van der Waals surface area contributed by atoms with Crippen molar-refractivity contribution in [2.24, 2.45) is 0 Å². The molecule has 3 heterocycles. The topological polar surface area (TPSA) is 133 Å². The Morgan fingerprint density at radius 1 is 0.852 bits per heavy atom. The maximum absolute atomic E-state index is 13.1. The monoisotopic (exact) mass is 741 g/mol. The molecule has 12 heteroatoms. The van der Waals surface area contributed by atoms with Crippen LogP contribution in [-0.2, 0) is 10.2 Å². The van der Waals surface area contributed by atoms with E-state index >= 15 is 0 Å². The third-order valence-corrected chi connectivity index (χ3v) is 10.5. The van der Waals surface area contributed by atoms with Gasteiger partial charge in [0, 0.05) is 34.3 Å². The number of hydrogen-bond acceptors (Lipinski definition) is 8. The first kappa shape index (κ1) is 35.0. The van der Waals surface area contributed by atoms with E-state index in [1.807, 2.05) is 127 Å². The molecule has 5 aromatic carbocycles. The molecule has 2 N–H and O–H groups in total. The van der Waals surface area contributed by atoms with Gasteiger partial charge >= 0.3 is 5.69 Å². The third-order valence-electron chi connectivity index (χ3n) is 10.1. The molecule has 0 bridgehead atoms. The first-order valence-corrected chi connectivity index (χ1v) is 17.8. The van der Waals surface area contributed by atoms with Gasteiger partial charge in [-0.1, -0.05) is 120 Å². The molecule has 0 saturated carbocycles. The van der Waals surface area contributed by atoms with Gasteiger partial charge in [-0.05, 0) is 53.1 Å².